The van der Waals surface area contributed by atoms with Crippen LogP contribution in [0.3, 0.4) is 0 Å². The second kappa shape index (κ2) is 10.4. The maximum Gasteiger partial charge on any atom is 0.227 e. The largest absolute Gasteiger partial charge is 0.508 e. The summed E-state index contributed by atoms with van der Waals surface area (Å²) in [6.45, 7) is 3.69. The molecule has 36 heavy (non-hydrogen) atoms. The summed E-state index contributed by atoms with van der Waals surface area (Å²) in [5.41, 5.74) is 3.33. The first-order valence-corrected chi connectivity index (χ1v) is 11.6. The van der Waals surface area contributed by atoms with Crippen LogP contribution in [-0.2, 0) is 4.79 Å². The first kappa shape index (κ1) is 24.7. The molecule has 0 spiro atoms. The highest BCUT2D eigenvalue weighted by Gasteiger charge is 2.32. The highest BCUT2D eigenvalue weighted by atomic mass is 16.5. The number of carbonyl (C=O) groups is 1. The van der Waals surface area contributed by atoms with Gasteiger partial charge in [0.2, 0.25) is 5.91 Å². The molecule has 0 aromatic heterocycles. The topological polar surface area (TPSA) is 122 Å². The van der Waals surface area contributed by atoms with E-state index < -0.39 is 6.04 Å². The Morgan fingerprint density at radius 3 is 2.64 bits per heavy atom. The van der Waals surface area contributed by atoms with E-state index in [1.165, 1.54) is 17.0 Å². The lowest BCUT2D eigenvalue weighted by molar-refractivity contribution is -0.116. The third-order valence-electron chi connectivity index (χ3n) is 5.95. The number of methoxy groups -OCH3 is 1. The van der Waals surface area contributed by atoms with Crippen molar-refractivity contribution in [2.24, 2.45) is 10.9 Å². The number of aromatic hydroxyl groups is 1. The third kappa shape index (κ3) is 5.27. The maximum atomic E-state index is 13.0. The van der Waals surface area contributed by atoms with Crippen LogP contribution in [0.15, 0.2) is 83.4 Å². The van der Waals surface area contributed by atoms with Crippen LogP contribution in [0.25, 0.3) is 0 Å². The van der Waals surface area contributed by atoms with Gasteiger partial charge in [-0.15, -0.1) is 0 Å². The molecule has 0 fully saturated rings. The number of anilines is 2. The summed E-state index contributed by atoms with van der Waals surface area (Å²) < 4.78 is 5.47. The van der Waals surface area contributed by atoms with Crippen molar-refractivity contribution in [1.29, 1.82) is 10.8 Å². The summed E-state index contributed by atoms with van der Waals surface area (Å²) in [4.78, 5) is 19.4. The second-order valence-corrected chi connectivity index (χ2v) is 8.71. The van der Waals surface area contributed by atoms with E-state index in [0.717, 1.165) is 5.57 Å². The van der Waals surface area contributed by atoms with Gasteiger partial charge in [-0.05, 0) is 55.3 Å². The summed E-state index contributed by atoms with van der Waals surface area (Å²) in [6.07, 6.45) is 9.99. The van der Waals surface area contributed by atoms with Crippen LogP contribution in [0.2, 0.25) is 0 Å². The molecule has 1 heterocycles. The van der Waals surface area contributed by atoms with Crippen LogP contribution in [-0.4, -0.2) is 41.5 Å². The molecule has 8 nitrogen and oxygen atoms in total. The Morgan fingerprint density at radius 2 is 1.94 bits per heavy atom. The number of benzene rings is 2. The average Bonchev–Trinajstić information content (AvgIpc) is 3.13. The lowest BCUT2D eigenvalue weighted by Gasteiger charge is -2.26. The molecule has 1 amide bonds. The van der Waals surface area contributed by atoms with Gasteiger partial charge in [-0.25, -0.2) is 0 Å². The number of nitrogens with one attached hydrogen (secondary N) is 3. The number of carbonyl (C=O) groups excluding carboxylic acids is 1. The molecule has 2 aliphatic rings. The highest BCUT2D eigenvalue weighted by molar-refractivity contribution is 6.27. The van der Waals surface area contributed by atoms with Gasteiger partial charge in [-0.3, -0.25) is 25.5 Å². The first-order valence-electron chi connectivity index (χ1n) is 11.6. The van der Waals surface area contributed by atoms with Crippen molar-refractivity contribution in [3.8, 4) is 11.5 Å². The van der Waals surface area contributed by atoms with Crippen molar-refractivity contribution >= 4 is 34.7 Å². The molecule has 0 saturated heterocycles. The van der Waals surface area contributed by atoms with Crippen molar-refractivity contribution in [1.82, 2.24) is 0 Å². The lowest BCUT2D eigenvalue weighted by Crippen LogP contribution is -2.41. The molecule has 1 aliphatic carbocycles. The van der Waals surface area contributed by atoms with E-state index in [4.69, 9.17) is 20.5 Å². The van der Waals surface area contributed by atoms with Gasteiger partial charge in [0.05, 0.1) is 24.9 Å². The van der Waals surface area contributed by atoms with Crippen LogP contribution in [0.1, 0.15) is 25.8 Å². The molecule has 0 bridgehead atoms. The summed E-state index contributed by atoms with van der Waals surface area (Å²) in [5, 5.41) is 29.7. The van der Waals surface area contributed by atoms with Crippen LogP contribution in [0.5, 0.6) is 11.5 Å². The lowest BCUT2D eigenvalue weighted by atomic mass is 9.98. The van der Waals surface area contributed by atoms with Crippen molar-refractivity contribution in [2.75, 3.05) is 17.3 Å². The molecule has 4 rings (SSSR count). The summed E-state index contributed by atoms with van der Waals surface area (Å²) in [5.74, 6) is 0.828. The number of ether oxygens (including phenoxy) is 1. The fraction of sp³-hybridized carbons (Fsp3) is 0.214. The summed E-state index contributed by atoms with van der Waals surface area (Å²) >= 11 is 0. The fourth-order valence-electron chi connectivity index (χ4n) is 4.13. The molecular weight excluding hydrogens is 454 g/mol. The molecule has 2 atom stereocenters. The number of rotatable bonds is 5. The number of benzodiazepines with no additional fused rings is 1. The van der Waals surface area contributed by atoms with E-state index in [1.54, 1.807) is 32.2 Å². The number of amides is 1. The first-order chi connectivity index (χ1) is 17.3. The summed E-state index contributed by atoms with van der Waals surface area (Å²) in [6, 6.07) is 10.8. The average molecular weight is 484 g/mol. The minimum Gasteiger partial charge on any atom is -0.508 e. The van der Waals surface area contributed by atoms with Crippen molar-refractivity contribution in [2.45, 2.75) is 26.3 Å². The zero-order chi connectivity index (χ0) is 25.8. The van der Waals surface area contributed by atoms with Gasteiger partial charge in [-0.2, -0.15) is 0 Å². The molecule has 4 N–H and O–H groups in total. The Labute approximate surface area is 210 Å². The molecular formula is C28H29N5O3. The zero-order valence-electron chi connectivity index (χ0n) is 20.4. The SMILES string of the molecule is COc1ccc2c(c1)C(C1=CC=CC(C)C=C1)=NC(CC(=O)Nc1ccc(O)cc1)C(=N)N2C(C)=N. The Hall–Kier alpha value is -4.46. The molecule has 0 saturated carbocycles. The smallest absolute Gasteiger partial charge is 0.227 e. The van der Waals surface area contributed by atoms with Crippen LogP contribution in [0, 0.1) is 16.7 Å². The molecule has 1 aliphatic heterocycles. The molecule has 0 radical (unpaired) electrons. The van der Waals surface area contributed by atoms with E-state index in [1.807, 2.05) is 30.4 Å². The number of allylic oxidation sites excluding steroid dienone is 6. The summed E-state index contributed by atoms with van der Waals surface area (Å²) in [7, 11) is 1.59. The van der Waals surface area contributed by atoms with Crippen molar-refractivity contribution < 1.29 is 14.6 Å². The van der Waals surface area contributed by atoms with Gasteiger partial charge in [0, 0.05) is 16.8 Å². The Bertz CT molecular complexity index is 1320. The van der Waals surface area contributed by atoms with Crippen LogP contribution < -0.4 is 15.0 Å². The zero-order valence-corrected chi connectivity index (χ0v) is 20.4. The molecule has 184 valence electrons. The van der Waals surface area contributed by atoms with E-state index in [0.29, 0.717) is 28.4 Å². The third-order valence-corrected chi connectivity index (χ3v) is 5.95. The Kier molecular flexibility index (Phi) is 7.15. The minimum atomic E-state index is -0.838. The van der Waals surface area contributed by atoms with E-state index >= 15 is 0 Å². The number of amidine groups is 2. The maximum absolute atomic E-state index is 13.0. The highest BCUT2D eigenvalue weighted by Crippen LogP contribution is 2.33. The number of nitrogens with zero attached hydrogens (tertiary/aromatic N) is 2. The fourth-order valence-corrected chi connectivity index (χ4v) is 4.13. The number of aliphatic imine (C=N–C) groups is 1. The van der Waals surface area contributed by atoms with Crippen molar-refractivity contribution in [3.63, 3.8) is 0 Å². The number of hydrogen-bond donors (Lipinski definition) is 4. The predicted octanol–water partition coefficient (Wildman–Crippen LogP) is 5.07. The van der Waals surface area contributed by atoms with E-state index in [2.05, 4.69) is 24.4 Å². The second-order valence-electron chi connectivity index (χ2n) is 8.71. The van der Waals surface area contributed by atoms with E-state index in [-0.39, 0.29) is 35.7 Å². The number of hydrogen-bond acceptors (Lipinski definition) is 6. The van der Waals surface area contributed by atoms with E-state index in [9.17, 15) is 9.90 Å². The number of phenolic OH excluding ortho intramolecular Hbond substituents is 1. The molecule has 2 unspecified atom stereocenters. The molecule has 2 aromatic rings. The standard InChI is InChI=1S/C28H29N5O3/c1-17-5-4-6-19(8-7-17)27-23-15-22(36-3)13-14-25(23)33(18(2)29)28(30)24(32-27)16-26(35)31-20-9-11-21(34)12-10-20/h4-15,17,24,29-30,34H,16H2,1-3H3,(H,31,35). The predicted molar refractivity (Wildman–Crippen MR) is 144 cm³/mol. The van der Waals surface area contributed by atoms with Gasteiger partial charge in [0.1, 0.15) is 29.2 Å². The molecule has 8 heteroatoms. The minimum absolute atomic E-state index is 0.0342. The van der Waals surface area contributed by atoms with Gasteiger partial charge in [0.15, 0.2) is 0 Å². The van der Waals surface area contributed by atoms with Crippen LogP contribution >= 0.6 is 0 Å². The number of phenols is 1. The number of fused-ring (bicyclic) bond motifs is 1. The van der Waals surface area contributed by atoms with Gasteiger partial charge in [-0.1, -0.05) is 37.3 Å². The van der Waals surface area contributed by atoms with Gasteiger partial charge >= 0.3 is 0 Å². The van der Waals surface area contributed by atoms with Gasteiger partial charge in [0.25, 0.3) is 0 Å². The van der Waals surface area contributed by atoms with Gasteiger partial charge < -0.3 is 15.2 Å². The monoisotopic (exact) mass is 483 g/mol. The normalized spacial score (nSPS) is 19.0. The van der Waals surface area contributed by atoms with Crippen LogP contribution in [0.4, 0.5) is 11.4 Å². The molecule has 2 aromatic carbocycles. The Morgan fingerprint density at radius 1 is 1.19 bits per heavy atom. The quantitative estimate of drug-likeness (QED) is 0.269. The van der Waals surface area contributed by atoms with Crippen molar-refractivity contribution in [3.05, 3.63) is 84.0 Å². The Balaban J connectivity index is 1.79.